The van der Waals surface area contributed by atoms with Crippen molar-refractivity contribution in [3.63, 3.8) is 0 Å². The number of benzene rings is 2. The molecule has 0 amide bonds. The van der Waals surface area contributed by atoms with Crippen LogP contribution >= 0.6 is 0 Å². The number of hydrogen-bond donors (Lipinski definition) is 0. The molecule has 2 aromatic carbocycles. The van der Waals surface area contributed by atoms with Gasteiger partial charge >= 0.3 is 35.8 Å². The second kappa shape index (κ2) is 15.4. The van der Waals surface area contributed by atoms with Crippen molar-refractivity contribution in [1.29, 1.82) is 0 Å². The molecule has 16 heteroatoms. The third-order valence-corrected chi connectivity index (χ3v) is 6.70. The summed E-state index contributed by atoms with van der Waals surface area (Å²) in [5.41, 5.74) is -0.158. The molecule has 3 aromatic rings. The first-order chi connectivity index (χ1) is 23.1. The van der Waals surface area contributed by atoms with Crippen LogP contribution in [-0.2, 0) is 52.5 Å². The van der Waals surface area contributed by atoms with Gasteiger partial charge in [0.05, 0.1) is 5.56 Å². The van der Waals surface area contributed by atoms with E-state index in [1.54, 1.807) is 0 Å². The van der Waals surface area contributed by atoms with Crippen molar-refractivity contribution in [2.75, 3.05) is 6.61 Å². The van der Waals surface area contributed by atoms with Crippen LogP contribution in [0.15, 0.2) is 51.9 Å². The van der Waals surface area contributed by atoms with E-state index in [1.165, 1.54) is 49.6 Å². The van der Waals surface area contributed by atoms with Crippen LogP contribution < -0.4 is 19.6 Å². The van der Waals surface area contributed by atoms with E-state index in [2.05, 4.69) is 0 Å². The Morgan fingerprint density at radius 1 is 0.673 bits per heavy atom. The highest BCUT2D eigenvalue weighted by molar-refractivity contribution is 5.91. The first kappa shape index (κ1) is 36.1. The fourth-order valence-corrected chi connectivity index (χ4v) is 4.98. The van der Waals surface area contributed by atoms with Crippen LogP contribution in [0.2, 0.25) is 0 Å². The van der Waals surface area contributed by atoms with E-state index in [1.807, 2.05) is 0 Å². The molecule has 1 aromatic heterocycles. The smallest absolute Gasteiger partial charge is 0.308 e. The topological polar surface area (TPSA) is 206 Å². The molecule has 5 atom stereocenters. The molecule has 0 unspecified atom stereocenters. The summed E-state index contributed by atoms with van der Waals surface area (Å²) in [5.74, 6) is -4.48. The molecule has 0 N–H and O–H groups in total. The van der Waals surface area contributed by atoms with Crippen LogP contribution in [0.1, 0.15) is 41.5 Å². The Hall–Kier alpha value is -5.77. The van der Waals surface area contributed by atoms with Crippen molar-refractivity contribution in [3.8, 4) is 28.4 Å². The van der Waals surface area contributed by atoms with E-state index in [0.29, 0.717) is 5.56 Å². The molecule has 49 heavy (non-hydrogen) atoms. The van der Waals surface area contributed by atoms with Crippen molar-refractivity contribution in [3.05, 3.63) is 52.9 Å². The Kier molecular flexibility index (Phi) is 11.4. The predicted molar refractivity (Wildman–Crippen MR) is 163 cm³/mol. The van der Waals surface area contributed by atoms with Crippen LogP contribution in [0, 0.1) is 0 Å². The van der Waals surface area contributed by atoms with E-state index in [9.17, 15) is 33.6 Å². The molecule has 260 valence electrons. The first-order valence-corrected chi connectivity index (χ1v) is 14.7. The molecule has 1 saturated heterocycles. The second-order valence-corrected chi connectivity index (χ2v) is 10.7. The van der Waals surface area contributed by atoms with Crippen molar-refractivity contribution < 1.29 is 71.1 Å². The maximum Gasteiger partial charge on any atom is 0.308 e. The minimum absolute atomic E-state index is 0.00384. The lowest BCUT2D eigenvalue weighted by Gasteiger charge is -2.43. The summed E-state index contributed by atoms with van der Waals surface area (Å²) in [6.45, 7) is 6.33. The van der Waals surface area contributed by atoms with E-state index < -0.39 is 78.6 Å². The fraction of sp³-hybridized carbons (Fsp3) is 0.364. The molecule has 4 rings (SSSR count). The van der Waals surface area contributed by atoms with Crippen LogP contribution in [0.3, 0.4) is 0 Å². The number of ether oxygens (including phenoxy) is 8. The Labute approximate surface area is 278 Å². The van der Waals surface area contributed by atoms with Gasteiger partial charge in [-0.05, 0) is 17.7 Å². The number of hydrogen-bond acceptors (Lipinski definition) is 16. The zero-order valence-corrected chi connectivity index (χ0v) is 27.2. The summed E-state index contributed by atoms with van der Waals surface area (Å²) in [6, 6.07) is 8.42. The van der Waals surface area contributed by atoms with Gasteiger partial charge < -0.3 is 42.3 Å². The zero-order valence-electron chi connectivity index (χ0n) is 27.2. The van der Waals surface area contributed by atoms with Gasteiger partial charge in [-0.25, -0.2) is 0 Å². The maximum atomic E-state index is 13.6. The second-order valence-electron chi connectivity index (χ2n) is 10.7. The number of carbonyl (C=O) groups is 6. The summed E-state index contributed by atoms with van der Waals surface area (Å²) in [5, 5.41) is -0.0820. The predicted octanol–water partition coefficient (Wildman–Crippen LogP) is 2.77. The molecule has 1 fully saturated rings. The highest BCUT2D eigenvalue weighted by Gasteiger charge is 2.53. The van der Waals surface area contributed by atoms with Gasteiger partial charge in [0.2, 0.25) is 17.8 Å². The summed E-state index contributed by atoms with van der Waals surface area (Å²) in [4.78, 5) is 84.6. The Morgan fingerprint density at radius 3 is 1.84 bits per heavy atom. The van der Waals surface area contributed by atoms with Crippen molar-refractivity contribution in [2.45, 2.75) is 72.2 Å². The first-order valence-electron chi connectivity index (χ1n) is 14.7. The van der Waals surface area contributed by atoms with E-state index in [4.69, 9.17) is 42.3 Å². The third kappa shape index (κ3) is 9.19. The minimum Gasteiger partial charge on any atom is -0.463 e. The van der Waals surface area contributed by atoms with Gasteiger partial charge in [0.15, 0.2) is 12.2 Å². The van der Waals surface area contributed by atoms with Gasteiger partial charge in [0.25, 0.3) is 0 Å². The number of rotatable bonds is 10. The molecule has 16 nitrogen and oxygen atoms in total. The Morgan fingerprint density at radius 2 is 1.27 bits per heavy atom. The summed E-state index contributed by atoms with van der Waals surface area (Å²) in [7, 11) is 0. The molecule has 1 aliphatic heterocycles. The quantitative estimate of drug-likeness (QED) is 0.171. The molecule has 2 heterocycles. The fourth-order valence-electron chi connectivity index (χ4n) is 4.98. The SMILES string of the molecule is CC(=O)OC[C@H]1O[C@@H](Oc2ccc(-c3coc4cc(OC(C)=O)cc(OC(C)=O)c4c3=O)cc2)[C@@H](OC(C)=O)[C@H](OC(C)=O)[C@H]1OC(C)=O. The van der Waals surface area contributed by atoms with Gasteiger partial charge in [0, 0.05) is 53.7 Å². The van der Waals surface area contributed by atoms with E-state index >= 15 is 0 Å². The van der Waals surface area contributed by atoms with E-state index in [-0.39, 0.29) is 33.8 Å². The standard InChI is InChI=1S/C33H32O16/c1-15(34)41-14-27-30(45-18(4)37)31(46-19(5)38)32(47-20(6)39)33(49-27)48-22-9-7-21(8-10-22)24-13-42-25-11-23(43-16(2)35)12-26(44-17(3)36)28(25)29(24)40/h7-13,27,30-33H,14H2,1-6H3/t27-,30+,31-,32+,33-/m1/s1. The molecule has 0 spiro atoms. The molecular formula is C33H32O16. The molecule has 0 bridgehead atoms. The normalized spacial score (nSPS) is 20.0. The monoisotopic (exact) mass is 684 g/mol. The number of carbonyl (C=O) groups excluding carboxylic acids is 6. The highest BCUT2D eigenvalue weighted by atomic mass is 16.7. The Bertz CT molecular complexity index is 1820. The average molecular weight is 685 g/mol. The summed E-state index contributed by atoms with van der Waals surface area (Å²) in [6.07, 6.45) is -5.77. The zero-order chi connectivity index (χ0) is 36.0. The summed E-state index contributed by atoms with van der Waals surface area (Å²) >= 11 is 0. The van der Waals surface area contributed by atoms with Crippen LogP contribution in [0.4, 0.5) is 0 Å². The van der Waals surface area contributed by atoms with Crippen LogP contribution in [0.5, 0.6) is 17.2 Å². The molecule has 0 saturated carbocycles. The lowest BCUT2D eigenvalue weighted by Crippen LogP contribution is -2.63. The van der Waals surface area contributed by atoms with Gasteiger partial charge in [-0.1, -0.05) is 12.1 Å². The average Bonchev–Trinajstić information content (AvgIpc) is 2.98. The Balaban J connectivity index is 1.69. The number of fused-ring (bicyclic) bond motifs is 1. The molecule has 0 aliphatic carbocycles. The minimum atomic E-state index is -1.48. The highest BCUT2D eigenvalue weighted by Crippen LogP contribution is 2.34. The van der Waals surface area contributed by atoms with Gasteiger partial charge in [0.1, 0.15) is 47.2 Å². The van der Waals surface area contributed by atoms with E-state index in [0.717, 1.165) is 34.6 Å². The number of esters is 6. The van der Waals surface area contributed by atoms with Gasteiger partial charge in [-0.3, -0.25) is 33.6 Å². The maximum absolute atomic E-state index is 13.6. The lowest BCUT2D eigenvalue weighted by atomic mass is 9.98. The summed E-state index contributed by atoms with van der Waals surface area (Å²) < 4.78 is 49.2. The van der Waals surface area contributed by atoms with Crippen molar-refractivity contribution >= 4 is 46.8 Å². The largest absolute Gasteiger partial charge is 0.463 e. The molecule has 0 radical (unpaired) electrons. The van der Waals surface area contributed by atoms with Crippen molar-refractivity contribution in [2.24, 2.45) is 0 Å². The van der Waals surface area contributed by atoms with Crippen LogP contribution in [0.25, 0.3) is 22.1 Å². The molecular weight excluding hydrogens is 652 g/mol. The third-order valence-electron chi connectivity index (χ3n) is 6.70. The van der Waals surface area contributed by atoms with Crippen molar-refractivity contribution in [1.82, 2.24) is 0 Å². The molecule has 1 aliphatic rings. The van der Waals surface area contributed by atoms with Gasteiger partial charge in [-0.2, -0.15) is 0 Å². The van der Waals surface area contributed by atoms with Gasteiger partial charge in [-0.15, -0.1) is 0 Å². The lowest BCUT2D eigenvalue weighted by molar-refractivity contribution is -0.288. The van der Waals surface area contributed by atoms with Crippen LogP contribution in [-0.4, -0.2) is 73.1 Å².